The zero-order valence-corrected chi connectivity index (χ0v) is 20.4. The second-order valence-corrected chi connectivity index (χ2v) is 9.59. The van der Waals surface area contributed by atoms with Crippen LogP contribution < -0.4 is 4.74 Å². The van der Waals surface area contributed by atoms with E-state index in [0.29, 0.717) is 47.4 Å². The Morgan fingerprint density at radius 3 is 2.38 bits per heavy atom. The number of halogens is 1. The maximum Gasteiger partial charge on any atom is 0.264 e. The van der Waals surface area contributed by atoms with E-state index >= 15 is 0 Å². The molecule has 1 saturated heterocycles. The van der Waals surface area contributed by atoms with Gasteiger partial charge < -0.3 is 14.5 Å². The summed E-state index contributed by atoms with van der Waals surface area (Å²) in [6.07, 6.45) is 0. The SMILES string of the molecule is COc1cccc(C(=O)N2CCN(C(=O)c3cc4c(C)nn(-c5cccc(Cl)c5)c4s3)CC2)c1. The molecule has 7 nitrogen and oxygen atoms in total. The molecule has 0 spiro atoms. The average molecular weight is 495 g/mol. The van der Waals surface area contributed by atoms with Crippen molar-refractivity contribution in [1.82, 2.24) is 19.6 Å². The van der Waals surface area contributed by atoms with Gasteiger partial charge >= 0.3 is 0 Å². The second kappa shape index (κ2) is 9.12. The highest BCUT2D eigenvalue weighted by atomic mass is 35.5. The standard InChI is InChI=1S/C25H23ClN4O3S/c1-16-21-15-22(34-25(21)30(27-16)19-7-4-6-18(26)14-19)24(32)29-11-9-28(10-12-29)23(31)17-5-3-8-20(13-17)33-2/h3-8,13-15H,9-12H2,1-2H3. The van der Waals surface area contributed by atoms with E-state index < -0.39 is 0 Å². The van der Waals surface area contributed by atoms with E-state index in [1.165, 1.54) is 11.3 Å². The van der Waals surface area contributed by atoms with Gasteiger partial charge in [-0.2, -0.15) is 5.10 Å². The molecular weight excluding hydrogens is 472 g/mol. The van der Waals surface area contributed by atoms with Crippen LogP contribution in [0.15, 0.2) is 54.6 Å². The highest BCUT2D eigenvalue weighted by Gasteiger charge is 2.27. The number of thiophene rings is 1. The van der Waals surface area contributed by atoms with Crippen LogP contribution in [-0.4, -0.2) is 64.7 Å². The Balaban J connectivity index is 1.31. The summed E-state index contributed by atoms with van der Waals surface area (Å²) in [5.74, 6) is 0.577. The van der Waals surface area contributed by atoms with Gasteiger partial charge in [0.15, 0.2) is 0 Å². The van der Waals surface area contributed by atoms with Crippen LogP contribution in [0.2, 0.25) is 5.02 Å². The number of methoxy groups -OCH3 is 1. The first-order valence-electron chi connectivity index (χ1n) is 10.9. The number of rotatable bonds is 4. The van der Waals surface area contributed by atoms with Gasteiger partial charge in [0.25, 0.3) is 11.8 Å². The van der Waals surface area contributed by atoms with Crippen LogP contribution in [0.1, 0.15) is 25.7 Å². The summed E-state index contributed by atoms with van der Waals surface area (Å²) in [7, 11) is 1.58. The molecular formula is C25H23ClN4O3S. The van der Waals surface area contributed by atoms with Gasteiger partial charge in [-0.25, -0.2) is 4.68 Å². The molecule has 2 aromatic heterocycles. The fourth-order valence-corrected chi connectivity index (χ4v) is 5.48. The molecule has 0 N–H and O–H groups in total. The normalized spacial score (nSPS) is 14.0. The van der Waals surface area contributed by atoms with E-state index in [-0.39, 0.29) is 11.8 Å². The van der Waals surface area contributed by atoms with Gasteiger partial charge in [-0.3, -0.25) is 9.59 Å². The topological polar surface area (TPSA) is 67.7 Å². The zero-order chi connectivity index (χ0) is 23.8. The number of piperazine rings is 1. The van der Waals surface area contributed by atoms with Crippen molar-refractivity contribution >= 4 is 45.0 Å². The van der Waals surface area contributed by atoms with E-state index in [1.807, 2.05) is 52.9 Å². The fraction of sp³-hybridized carbons (Fsp3) is 0.240. The smallest absolute Gasteiger partial charge is 0.264 e. The third-order valence-electron chi connectivity index (χ3n) is 5.98. The molecule has 2 amide bonds. The van der Waals surface area contributed by atoms with Gasteiger partial charge in [0, 0.05) is 42.2 Å². The lowest BCUT2D eigenvalue weighted by atomic mass is 10.1. The van der Waals surface area contributed by atoms with Crippen LogP contribution in [0, 0.1) is 6.92 Å². The molecule has 4 aromatic rings. The molecule has 5 rings (SSSR count). The third-order valence-corrected chi connectivity index (χ3v) is 7.31. The first kappa shape index (κ1) is 22.4. The van der Waals surface area contributed by atoms with Crippen LogP contribution in [-0.2, 0) is 0 Å². The molecule has 1 fully saturated rings. The van der Waals surface area contributed by atoms with E-state index in [4.69, 9.17) is 16.3 Å². The van der Waals surface area contributed by atoms with E-state index in [9.17, 15) is 9.59 Å². The first-order valence-corrected chi connectivity index (χ1v) is 12.1. The number of aromatic nitrogens is 2. The number of aryl methyl sites for hydroxylation is 1. The molecule has 34 heavy (non-hydrogen) atoms. The molecule has 2 aromatic carbocycles. The van der Waals surface area contributed by atoms with Crippen molar-refractivity contribution < 1.29 is 14.3 Å². The van der Waals surface area contributed by atoms with Gasteiger partial charge in [0.05, 0.1) is 23.4 Å². The van der Waals surface area contributed by atoms with Crippen molar-refractivity contribution in [1.29, 1.82) is 0 Å². The van der Waals surface area contributed by atoms with Gasteiger partial charge in [-0.1, -0.05) is 23.7 Å². The number of nitrogens with zero attached hydrogens (tertiary/aromatic N) is 4. The summed E-state index contributed by atoms with van der Waals surface area (Å²) < 4.78 is 7.06. The Bertz CT molecular complexity index is 1390. The Morgan fingerprint density at radius 1 is 0.971 bits per heavy atom. The Morgan fingerprint density at radius 2 is 1.68 bits per heavy atom. The molecule has 1 aliphatic heterocycles. The molecule has 0 aliphatic carbocycles. The monoisotopic (exact) mass is 494 g/mol. The fourth-order valence-electron chi connectivity index (χ4n) is 4.14. The molecule has 9 heteroatoms. The molecule has 0 atom stereocenters. The summed E-state index contributed by atoms with van der Waals surface area (Å²) in [6.45, 7) is 3.89. The molecule has 1 aliphatic rings. The minimum Gasteiger partial charge on any atom is -0.497 e. The number of benzene rings is 2. The number of amides is 2. The summed E-state index contributed by atoms with van der Waals surface area (Å²) in [5, 5.41) is 6.23. The summed E-state index contributed by atoms with van der Waals surface area (Å²) in [6, 6.07) is 16.6. The van der Waals surface area contributed by atoms with Crippen molar-refractivity contribution in [2.24, 2.45) is 0 Å². The van der Waals surface area contributed by atoms with Crippen LogP contribution >= 0.6 is 22.9 Å². The third kappa shape index (κ3) is 4.15. The number of carbonyl (C=O) groups is 2. The molecule has 3 heterocycles. The van der Waals surface area contributed by atoms with Gasteiger partial charge in [-0.15, -0.1) is 11.3 Å². The lowest BCUT2D eigenvalue weighted by molar-refractivity contribution is 0.0538. The van der Waals surface area contributed by atoms with Crippen LogP contribution in [0.4, 0.5) is 0 Å². The van der Waals surface area contributed by atoms with Crippen LogP contribution in [0.5, 0.6) is 5.75 Å². The minimum absolute atomic E-state index is 0.0216. The summed E-state index contributed by atoms with van der Waals surface area (Å²) in [5.41, 5.74) is 2.31. The summed E-state index contributed by atoms with van der Waals surface area (Å²) >= 11 is 7.59. The Kier molecular flexibility index (Phi) is 6.02. The van der Waals surface area contributed by atoms with Gasteiger partial charge in [-0.05, 0) is 49.4 Å². The number of fused-ring (bicyclic) bond motifs is 1. The average Bonchev–Trinajstić information content (AvgIpc) is 3.44. The number of hydrogen-bond donors (Lipinski definition) is 0. The van der Waals surface area contributed by atoms with E-state index in [0.717, 1.165) is 21.6 Å². The molecule has 174 valence electrons. The van der Waals surface area contributed by atoms with Crippen molar-refractivity contribution in [2.75, 3.05) is 33.3 Å². The largest absolute Gasteiger partial charge is 0.497 e. The number of hydrogen-bond acceptors (Lipinski definition) is 5. The maximum absolute atomic E-state index is 13.3. The van der Waals surface area contributed by atoms with E-state index in [2.05, 4.69) is 5.10 Å². The quantitative estimate of drug-likeness (QED) is 0.414. The lowest BCUT2D eigenvalue weighted by Gasteiger charge is -2.34. The van der Waals surface area contributed by atoms with Crippen molar-refractivity contribution in [2.45, 2.75) is 6.92 Å². The number of ether oxygens (including phenoxy) is 1. The van der Waals surface area contributed by atoms with Crippen molar-refractivity contribution in [3.63, 3.8) is 0 Å². The molecule has 0 saturated carbocycles. The predicted octanol–water partition coefficient (Wildman–Crippen LogP) is 4.66. The highest BCUT2D eigenvalue weighted by molar-refractivity contribution is 7.20. The number of carbonyl (C=O) groups excluding carboxylic acids is 2. The van der Waals surface area contributed by atoms with Gasteiger partial charge in [0.2, 0.25) is 0 Å². The zero-order valence-electron chi connectivity index (χ0n) is 18.8. The Hall–Kier alpha value is -3.36. The second-order valence-electron chi connectivity index (χ2n) is 8.12. The van der Waals surface area contributed by atoms with E-state index in [1.54, 1.807) is 30.2 Å². The lowest BCUT2D eigenvalue weighted by Crippen LogP contribution is -2.50. The van der Waals surface area contributed by atoms with Gasteiger partial charge in [0.1, 0.15) is 10.6 Å². The maximum atomic E-state index is 13.3. The predicted molar refractivity (Wildman–Crippen MR) is 133 cm³/mol. The van der Waals surface area contributed by atoms with Crippen molar-refractivity contribution in [3.05, 3.63) is 75.8 Å². The summed E-state index contributed by atoms with van der Waals surface area (Å²) in [4.78, 5) is 31.3. The highest BCUT2D eigenvalue weighted by Crippen LogP contribution is 2.32. The Labute approximate surface area is 206 Å². The van der Waals surface area contributed by atoms with Crippen LogP contribution in [0.25, 0.3) is 15.9 Å². The first-order chi connectivity index (χ1) is 16.4. The minimum atomic E-state index is -0.0508. The van der Waals surface area contributed by atoms with Crippen molar-refractivity contribution in [3.8, 4) is 11.4 Å². The molecule has 0 radical (unpaired) electrons. The molecule has 0 bridgehead atoms. The van der Waals surface area contributed by atoms with Crippen LogP contribution in [0.3, 0.4) is 0 Å². The molecule has 0 unspecified atom stereocenters.